The fourth-order valence-electron chi connectivity index (χ4n) is 3.53. The molecule has 0 atom stereocenters. The third-order valence-electron chi connectivity index (χ3n) is 5.35. The van der Waals surface area contributed by atoms with Crippen LogP contribution in [0.2, 0.25) is 0 Å². The van der Waals surface area contributed by atoms with Crippen molar-refractivity contribution >= 4 is 63.2 Å². The van der Waals surface area contributed by atoms with E-state index in [0.29, 0.717) is 33.4 Å². The van der Waals surface area contributed by atoms with Crippen LogP contribution in [0.4, 0.5) is 10.5 Å². The fraction of sp³-hybridized carbons (Fsp3) is 0.148. The zero-order valence-corrected chi connectivity index (χ0v) is 23.0. The zero-order valence-electron chi connectivity index (χ0n) is 20.0. The lowest BCUT2D eigenvalue weighted by Gasteiger charge is -2.13. The van der Waals surface area contributed by atoms with Crippen LogP contribution in [-0.2, 0) is 16.1 Å². The van der Waals surface area contributed by atoms with E-state index in [1.165, 1.54) is 19.1 Å². The summed E-state index contributed by atoms with van der Waals surface area (Å²) in [6.45, 7) is -0.0306. The molecule has 1 aliphatic rings. The van der Waals surface area contributed by atoms with Gasteiger partial charge in [0.15, 0.2) is 18.1 Å². The van der Waals surface area contributed by atoms with Crippen molar-refractivity contribution in [3.63, 3.8) is 0 Å². The van der Waals surface area contributed by atoms with Crippen LogP contribution < -0.4 is 19.5 Å². The summed E-state index contributed by atoms with van der Waals surface area (Å²) >= 11 is 3.10. The van der Waals surface area contributed by atoms with Gasteiger partial charge < -0.3 is 19.5 Å². The molecule has 8 nitrogen and oxygen atoms in total. The number of halogens is 1. The van der Waals surface area contributed by atoms with Gasteiger partial charge in [-0.2, -0.15) is 0 Å². The monoisotopic (exact) mass is 630 g/mol. The summed E-state index contributed by atoms with van der Waals surface area (Å²) in [6.07, 6.45) is 1.64. The molecule has 1 fully saturated rings. The van der Waals surface area contributed by atoms with Gasteiger partial charge in [0.2, 0.25) is 0 Å². The van der Waals surface area contributed by atoms with E-state index in [0.717, 1.165) is 20.9 Å². The van der Waals surface area contributed by atoms with Crippen molar-refractivity contribution in [2.45, 2.75) is 6.54 Å². The van der Waals surface area contributed by atoms with E-state index >= 15 is 0 Å². The van der Waals surface area contributed by atoms with Crippen molar-refractivity contribution in [1.29, 1.82) is 0 Å². The van der Waals surface area contributed by atoms with Crippen LogP contribution in [0.25, 0.3) is 6.08 Å². The molecule has 0 aliphatic carbocycles. The Morgan fingerprint density at radius 3 is 2.43 bits per heavy atom. The van der Waals surface area contributed by atoms with Crippen LogP contribution in [0.15, 0.2) is 71.6 Å². The van der Waals surface area contributed by atoms with E-state index in [1.54, 1.807) is 42.5 Å². The Morgan fingerprint density at radius 2 is 1.70 bits per heavy atom. The number of nitrogens with one attached hydrogen (secondary N) is 1. The molecular weight excluding hydrogens is 607 g/mol. The van der Waals surface area contributed by atoms with Crippen molar-refractivity contribution in [3.8, 4) is 17.2 Å². The number of carbonyl (C=O) groups excluding carboxylic acids is 3. The SMILES string of the molecule is COc1ccccc1NC(=O)COc1ccc(/C=C2\SC(=O)N(Cc3ccc(I)cc3)C2=O)cc1OC. The maximum Gasteiger partial charge on any atom is 0.293 e. The van der Waals surface area contributed by atoms with Crippen LogP contribution in [0.3, 0.4) is 0 Å². The quantitative estimate of drug-likeness (QED) is 0.245. The maximum absolute atomic E-state index is 12.9. The number of benzene rings is 3. The first-order chi connectivity index (χ1) is 17.9. The number of anilines is 1. The average Bonchev–Trinajstić information content (AvgIpc) is 3.16. The molecule has 1 heterocycles. The summed E-state index contributed by atoms with van der Waals surface area (Å²) in [5, 5.41) is 2.43. The number of para-hydroxylation sites is 2. The highest BCUT2D eigenvalue weighted by Crippen LogP contribution is 2.35. The number of rotatable bonds is 9. The Labute approximate surface area is 232 Å². The Kier molecular flexibility index (Phi) is 8.72. The molecule has 0 spiro atoms. The second-order valence-electron chi connectivity index (χ2n) is 7.84. The number of carbonyl (C=O) groups is 3. The fourth-order valence-corrected chi connectivity index (χ4v) is 4.73. The maximum atomic E-state index is 12.9. The largest absolute Gasteiger partial charge is 0.495 e. The van der Waals surface area contributed by atoms with E-state index in [2.05, 4.69) is 27.9 Å². The minimum atomic E-state index is -0.363. The van der Waals surface area contributed by atoms with Gasteiger partial charge >= 0.3 is 0 Å². The topological polar surface area (TPSA) is 94.2 Å². The lowest BCUT2D eigenvalue weighted by atomic mass is 10.1. The molecule has 0 unspecified atom stereocenters. The van der Waals surface area contributed by atoms with Gasteiger partial charge in [0.05, 0.1) is 31.4 Å². The van der Waals surface area contributed by atoms with Gasteiger partial charge in [-0.3, -0.25) is 19.3 Å². The summed E-state index contributed by atoms with van der Waals surface area (Å²) in [5.41, 5.74) is 2.07. The van der Waals surface area contributed by atoms with Gasteiger partial charge in [-0.05, 0) is 88.0 Å². The van der Waals surface area contributed by atoms with Gasteiger partial charge in [0.1, 0.15) is 5.75 Å². The smallest absolute Gasteiger partial charge is 0.293 e. The average molecular weight is 630 g/mol. The van der Waals surface area contributed by atoms with E-state index < -0.39 is 0 Å². The molecule has 3 amide bonds. The number of imide groups is 1. The second-order valence-corrected chi connectivity index (χ2v) is 10.1. The molecule has 3 aromatic rings. The molecule has 0 aromatic heterocycles. The van der Waals surface area contributed by atoms with Gasteiger partial charge in [-0.15, -0.1) is 0 Å². The van der Waals surface area contributed by atoms with Crippen LogP contribution in [0.5, 0.6) is 17.2 Å². The van der Waals surface area contributed by atoms with Crippen LogP contribution >= 0.6 is 34.4 Å². The van der Waals surface area contributed by atoms with Crippen molar-refractivity contribution in [2.75, 3.05) is 26.1 Å². The van der Waals surface area contributed by atoms with Crippen molar-refractivity contribution in [3.05, 3.63) is 86.3 Å². The number of hydrogen-bond donors (Lipinski definition) is 1. The van der Waals surface area contributed by atoms with E-state index in [1.807, 2.05) is 30.3 Å². The predicted molar refractivity (Wildman–Crippen MR) is 151 cm³/mol. The minimum absolute atomic E-state index is 0.214. The molecule has 3 aromatic carbocycles. The van der Waals surface area contributed by atoms with Crippen molar-refractivity contribution in [2.24, 2.45) is 0 Å². The molecule has 4 rings (SSSR count). The molecule has 0 saturated carbocycles. The lowest BCUT2D eigenvalue weighted by molar-refractivity contribution is -0.123. The summed E-state index contributed by atoms with van der Waals surface area (Å²) < 4.78 is 17.4. The Morgan fingerprint density at radius 1 is 0.973 bits per heavy atom. The molecule has 1 N–H and O–H groups in total. The lowest BCUT2D eigenvalue weighted by Crippen LogP contribution is -2.27. The van der Waals surface area contributed by atoms with Crippen LogP contribution in [0, 0.1) is 3.57 Å². The van der Waals surface area contributed by atoms with E-state index in [-0.39, 0.29) is 30.2 Å². The molecule has 190 valence electrons. The highest BCUT2D eigenvalue weighted by molar-refractivity contribution is 14.1. The van der Waals surface area contributed by atoms with E-state index in [4.69, 9.17) is 14.2 Å². The molecule has 0 bridgehead atoms. The summed E-state index contributed by atoms with van der Waals surface area (Å²) in [7, 11) is 3.01. The molecule has 1 aliphatic heterocycles. The predicted octanol–water partition coefficient (Wildman–Crippen LogP) is 5.56. The molecule has 37 heavy (non-hydrogen) atoms. The number of hydrogen-bond acceptors (Lipinski definition) is 7. The standard InChI is InChI=1S/C27H23IN2O6S/c1-34-21-6-4-3-5-20(21)29-25(31)16-36-22-12-9-18(13-23(22)35-2)14-24-26(32)30(27(33)37-24)15-17-7-10-19(28)11-8-17/h3-14H,15-16H2,1-2H3,(H,29,31)/b24-14-. The molecule has 1 saturated heterocycles. The van der Waals surface area contributed by atoms with Crippen molar-refractivity contribution in [1.82, 2.24) is 4.90 Å². The number of methoxy groups -OCH3 is 2. The van der Waals surface area contributed by atoms with Crippen LogP contribution in [-0.4, -0.2) is 42.8 Å². The number of amides is 3. The second kappa shape index (κ2) is 12.2. The summed E-state index contributed by atoms with van der Waals surface area (Å²) in [4.78, 5) is 39.3. The molecule has 10 heteroatoms. The third kappa shape index (κ3) is 6.63. The first kappa shape index (κ1) is 26.6. The number of nitrogens with zero attached hydrogens (tertiary/aromatic N) is 1. The van der Waals surface area contributed by atoms with Crippen LogP contribution in [0.1, 0.15) is 11.1 Å². The van der Waals surface area contributed by atoms with Gasteiger partial charge in [0, 0.05) is 3.57 Å². The highest BCUT2D eigenvalue weighted by Gasteiger charge is 2.35. The minimum Gasteiger partial charge on any atom is -0.495 e. The van der Waals surface area contributed by atoms with Gasteiger partial charge in [0.25, 0.3) is 17.1 Å². The van der Waals surface area contributed by atoms with E-state index in [9.17, 15) is 14.4 Å². The number of thioether (sulfide) groups is 1. The van der Waals surface area contributed by atoms with Gasteiger partial charge in [-0.25, -0.2) is 0 Å². The first-order valence-electron chi connectivity index (χ1n) is 11.1. The third-order valence-corrected chi connectivity index (χ3v) is 6.98. The highest BCUT2D eigenvalue weighted by atomic mass is 127. The van der Waals surface area contributed by atoms with Crippen molar-refractivity contribution < 1.29 is 28.6 Å². The molecule has 0 radical (unpaired) electrons. The zero-order chi connectivity index (χ0) is 26.4. The summed E-state index contributed by atoms with van der Waals surface area (Å²) in [5.74, 6) is 0.581. The van der Waals surface area contributed by atoms with Gasteiger partial charge in [-0.1, -0.05) is 30.3 Å². The Balaban J connectivity index is 1.42. The Hall–Kier alpha value is -3.51. The summed E-state index contributed by atoms with van der Waals surface area (Å²) in [6, 6.07) is 19.8. The first-order valence-corrected chi connectivity index (χ1v) is 13.0. The Bertz CT molecular complexity index is 1360. The normalized spacial score (nSPS) is 14.1. The molecular formula is C27H23IN2O6S. The number of ether oxygens (including phenoxy) is 3.